The Hall–Kier alpha value is -0.0800. The average Bonchev–Trinajstić information content (AvgIpc) is 2.03. The minimum Gasteiger partial charge on any atom is -0.330 e. The van der Waals surface area contributed by atoms with Crippen molar-refractivity contribution in [3.8, 4) is 0 Å². The molecule has 2 N–H and O–H groups in total. The third-order valence-corrected chi connectivity index (χ3v) is 2.14. The Labute approximate surface area is 77.1 Å². The highest BCUT2D eigenvalue weighted by atomic mass is 15.1. The SMILES string of the molecule is CCCN(CCCCN)C(C)C. The molecule has 0 aliphatic carbocycles. The van der Waals surface area contributed by atoms with Crippen LogP contribution in [0.15, 0.2) is 0 Å². The third kappa shape index (κ3) is 5.56. The van der Waals surface area contributed by atoms with Crippen LogP contribution >= 0.6 is 0 Å². The van der Waals surface area contributed by atoms with Gasteiger partial charge < -0.3 is 10.6 Å². The lowest BCUT2D eigenvalue weighted by atomic mass is 10.2. The van der Waals surface area contributed by atoms with Crippen molar-refractivity contribution in [1.82, 2.24) is 4.90 Å². The summed E-state index contributed by atoms with van der Waals surface area (Å²) in [6, 6.07) is 0.683. The Morgan fingerprint density at radius 3 is 2.25 bits per heavy atom. The van der Waals surface area contributed by atoms with Crippen LogP contribution in [-0.4, -0.2) is 30.6 Å². The highest BCUT2D eigenvalue weighted by molar-refractivity contribution is 4.61. The summed E-state index contributed by atoms with van der Waals surface area (Å²) < 4.78 is 0. The van der Waals surface area contributed by atoms with Gasteiger partial charge in [-0.3, -0.25) is 0 Å². The predicted octanol–water partition coefficient (Wildman–Crippen LogP) is 1.85. The van der Waals surface area contributed by atoms with Crippen molar-refractivity contribution < 1.29 is 0 Å². The van der Waals surface area contributed by atoms with E-state index in [4.69, 9.17) is 5.73 Å². The van der Waals surface area contributed by atoms with E-state index in [1.807, 2.05) is 0 Å². The van der Waals surface area contributed by atoms with E-state index in [2.05, 4.69) is 25.7 Å². The lowest BCUT2D eigenvalue weighted by Crippen LogP contribution is -2.32. The molecular formula is C10H24N2. The summed E-state index contributed by atoms with van der Waals surface area (Å²) in [4.78, 5) is 2.52. The first-order chi connectivity index (χ1) is 5.72. The summed E-state index contributed by atoms with van der Waals surface area (Å²) in [7, 11) is 0. The van der Waals surface area contributed by atoms with E-state index in [0.29, 0.717) is 6.04 Å². The first-order valence-corrected chi connectivity index (χ1v) is 5.16. The van der Waals surface area contributed by atoms with E-state index >= 15 is 0 Å². The van der Waals surface area contributed by atoms with Crippen LogP contribution in [0.5, 0.6) is 0 Å². The summed E-state index contributed by atoms with van der Waals surface area (Å²) in [6.45, 7) is 10.0. The molecular weight excluding hydrogens is 148 g/mol. The molecule has 0 aliphatic rings. The van der Waals surface area contributed by atoms with E-state index in [1.54, 1.807) is 0 Å². The summed E-state index contributed by atoms with van der Waals surface area (Å²) >= 11 is 0. The molecule has 0 aromatic rings. The number of nitrogens with zero attached hydrogens (tertiary/aromatic N) is 1. The summed E-state index contributed by atoms with van der Waals surface area (Å²) in [5.74, 6) is 0. The zero-order chi connectivity index (χ0) is 9.40. The van der Waals surface area contributed by atoms with E-state index in [-0.39, 0.29) is 0 Å². The monoisotopic (exact) mass is 172 g/mol. The minimum atomic E-state index is 0.683. The van der Waals surface area contributed by atoms with E-state index in [0.717, 1.165) is 13.0 Å². The van der Waals surface area contributed by atoms with Gasteiger partial charge in [0.25, 0.3) is 0 Å². The van der Waals surface area contributed by atoms with Crippen LogP contribution in [0.3, 0.4) is 0 Å². The Bertz CT molecular complexity index is 91.8. The van der Waals surface area contributed by atoms with Crippen LogP contribution in [0.2, 0.25) is 0 Å². The van der Waals surface area contributed by atoms with Gasteiger partial charge in [0.2, 0.25) is 0 Å². The fourth-order valence-electron chi connectivity index (χ4n) is 1.37. The molecule has 0 rings (SSSR count). The van der Waals surface area contributed by atoms with Gasteiger partial charge in [-0.25, -0.2) is 0 Å². The molecule has 2 nitrogen and oxygen atoms in total. The highest BCUT2D eigenvalue weighted by Gasteiger charge is 2.06. The number of hydrogen-bond acceptors (Lipinski definition) is 2. The van der Waals surface area contributed by atoms with Crippen LogP contribution in [0.1, 0.15) is 40.0 Å². The van der Waals surface area contributed by atoms with Crippen molar-refractivity contribution in [3.05, 3.63) is 0 Å². The largest absolute Gasteiger partial charge is 0.330 e. The summed E-state index contributed by atoms with van der Waals surface area (Å²) in [5, 5.41) is 0. The van der Waals surface area contributed by atoms with Crippen LogP contribution in [0, 0.1) is 0 Å². The van der Waals surface area contributed by atoms with Gasteiger partial charge in [-0.1, -0.05) is 6.92 Å². The Kier molecular flexibility index (Phi) is 7.51. The number of unbranched alkanes of at least 4 members (excludes halogenated alkanes) is 1. The second-order valence-electron chi connectivity index (χ2n) is 3.63. The number of hydrogen-bond donors (Lipinski definition) is 1. The van der Waals surface area contributed by atoms with Crippen LogP contribution in [0.25, 0.3) is 0 Å². The molecule has 2 heteroatoms. The van der Waals surface area contributed by atoms with Gasteiger partial charge in [0.15, 0.2) is 0 Å². The standard InChI is InChI=1S/C10H24N2/c1-4-8-12(10(2)3)9-6-5-7-11/h10H,4-9,11H2,1-3H3. The van der Waals surface area contributed by atoms with Crippen LogP contribution < -0.4 is 5.73 Å². The average molecular weight is 172 g/mol. The predicted molar refractivity (Wildman–Crippen MR) is 55.3 cm³/mol. The molecule has 0 heterocycles. The van der Waals surface area contributed by atoms with Gasteiger partial charge in [0, 0.05) is 6.04 Å². The van der Waals surface area contributed by atoms with Crippen molar-refractivity contribution in [2.24, 2.45) is 5.73 Å². The normalized spacial score (nSPS) is 11.5. The van der Waals surface area contributed by atoms with Gasteiger partial charge in [0.1, 0.15) is 0 Å². The fraction of sp³-hybridized carbons (Fsp3) is 1.00. The molecule has 0 atom stereocenters. The van der Waals surface area contributed by atoms with Crippen LogP contribution in [0.4, 0.5) is 0 Å². The molecule has 0 aromatic heterocycles. The van der Waals surface area contributed by atoms with Crippen molar-refractivity contribution in [2.75, 3.05) is 19.6 Å². The first kappa shape index (κ1) is 11.9. The Morgan fingerprint density at radius 2 is 1.83 bits per heavy atom. The Balaban J connectivity index is 3.49. The van der Waals surface area contributed by atoms with Crippen molar-refractivity contribution >= 4 is 0 Å². The van der Waals surface area contributed by atoms with Gasteiger partial charge in [0.05, 0.1) is 0 Å². The van der Waals surface area contributed by atoms with Crippen LogP contribution in [-0.2, 0) is 0 Å². The molecule has 0 aromatic carbocycles. The second kappa shape index (κ2) is 7.56. The van der Waals surface area contributed by atoms with Gasteiger partial charge in [-0.15, -0.1) is 0 Å². The molecule has 0 bridgehead atoms. The zero-order valence-corrected chi connectivity index (χ0v) is 8.84. The molecule has 0 amide bonds. The topological polar surface area (TPSA) is 29.3 Å². The number of nitrogens with two attached hydrogens (primary N) is 1. The van der Waals surface area contributed by atoms with E-state index < -0.39 is 0 Å². The maximum Gasteiger partial charge on any atom is 0.00385 e. The van der Waals surface area contributed by atoms with Gasteiger partial charge in [-0.2, -0.15) is 0 Å². The van der Waals surface area contributed by atoms with Crippen molar-refractivity contribution in [2.45, 2.75) is 46.1 Å². The number of rotatable bonds is 7. The molecule has 12 heavy (non-hydrogen) atoms. The third-order valence-electron chi connectivity index (χ3n) is 2.14. The molecule has 0 saturated carbocycles. The molecule has 74 valence electrons. The molecule has 0 unspecified atom stereocenters. The lowest BCUT2D eigenvalue weighted by Gasteiger charge is -2.25. The smallest absolute Gasteiger partial charge is 0.00385 e. The summed E-state index contributed by atoms with van der Waals surface area (Å²) in [6.07, 6.45) is 3.66. The molecule has 0 saturated heterocycles. The van der Waals surface area contributed by atoms with Crippen molar-refractivity contribution in [3.63, 3.8) is 0 Å². The van der Waals surface area contributed by atoms with Gasteiger partial charge >= 0.3 is 0 Å². The van der Waals surface area contributed by atoms with Crippen molar-refractivity contribution in [1.29, 1.82) is 0 Å². The summed E-state index contributed by atoms with van der Waals surface area (Å²) in [5.41, 5.74) is 5.45. The maximum absolute atomic E-state index is 5.45. The lowest BCUT2D eigenvalue weighted by molar-refractivity contribution is 0.218. The molecule has 0 spiro atoms. The molecule has 0 fully saturated rings. The minimum absolute atomic E-state index is 0.683. The fourth-order valence-corrected chi connectivity index (χ4v) is 1.37. The first-order valence-electron chi connectivity index (χ1n) is 5.16. The zero-order valence-electron chi connectivity index (χ0n) is 8.84. The quantitative estimate of drug-likeness (QED) is 0.594. The maximum atomic E-state index is 5.45. The highest BCUT2D eigenvalue weighted by Crippen LogP contribution is 2.01. The Morgan fingerprint density at radius 1 is 1.17 bits per heavy atom. The van der Waals surface area contributed by atoms with E-state index in [9.17, 15) is 0 Å². The van der Waals surface area contributed by atoms with Gasteiger partial charge in [-0.05, 0) is 52.7 Å². The van der Waals surface area contributed by atoms with E-state index in [1.165, 1.54) is 25.9 Å². The second-order valence-corrected chi connectivity index (χ2v) is 3.63. The molecule has 0 aliphatic heterocycles. The molecule has 0 radical (unpaired) electrons.